The quantitative estimate of drug-likeness (QED) is 0.487. The first-order valence-corrected chi connectivity index (χ1v) is 11.1. The summed E-state index contributed by atoms with van der Waals surface area (Å²) in [5.74, 6) is -0.999. The second-order valence-corrected chi connectivity index (χ2v) is 8.46. The maximum Gasteiger partial charge on any atom is 0.338 e. The summed E-state index contributed by atoms with van der Waals surface area (Å²) in [4.78, 5) is 15.7. The molecule has 1 aromatic heterocycles. The number of aromatic carboxylic acids is 1. The van der Waals surface area contributed by atoms with Crippen molar-refractivity contribution < 1.29 is 9.90 Å². The van der Waals surface area contributed by atoms with E-state index in [9.17, 15) is 9.90 Å². The number of hydrogen-bond donors (Lipinski definition) is 1. The lowest BCUT2D eigenvalue weighted by atomic mass is 9.95. The summed E-state index contributed by atoms with van der Waals surface area (Å²) in [7, 11) is 1.70. The van der Waals surface area contributed by atoms with Crippen molar-refractivity contribution in [3.05, 3.63) is 71.8 Å². The number of carbonyl (C=O) groups is 1. The first kappa shape index (κ1) is 20.4. The van der Waals surface area contributed by atoms with E-state index in [4.69, 9.17) is 0 Å². The number of hydrogen-bond acceptors (Lipinski definition) is 4. The number of carboxylic acids is 1. The summed E-state index contributed by atoms with van der Waals surface area (Å²) in [5.41, 5.74) is 6.70. The fourth-order valence-corrected chi connectivity index (χ4v) is 4.59. The van der Waals surface area contributed by atoms with Gasteiger partial charge in [0.25, 0.3) is 0 Å². The van der Waals surface area contributed by atoms with Crippen LogP contribution in [0.15, 0.2) is 60.7 Å². The molecule has 1 aliphatic rings. The van der Waals surface area contributed by atoms with Crippen molar-refractivity contribution in [1.29, 1.82) is 0 Å². The summed E-state index contributed by atoms with van der Waals surface area (Å²) in [6, 6.07) is 20.5. The summed E-state index contributed by atoms with van der Waals surface area (Å²) < 4.78 is 0. The fourth-order valence-electron chi connectivity index (χ4n) is 4.59. The Hall–Kier alpha value is -3.51. The normalized spacial score (nSPS) is 14.7. The lowest BCUT2D eigenvalue weighted by molar-refractivity contribution is 0.0699. The molecule has 0 amide bonds. The van der Waals surface area contributed by atoms with Gasteiger partial charge in [0, 0.05) is 13.6 Å². The van der Waals surface area contributed by atoms with Gasteiger partial charge in [0.15, 0.2) is 0 Å². The van der Waals surface area contributed by atoms with E-state index in [1.807, 2.05) is 6.07 Å². The first-order valence-electron chi connectivity index (χ1n) is 11.1. The maximum atomic E-state index is 11.8. The van der Waals surface area contributed by atoms with Gasteiger partial charge in [-0.25, -0.2) is 4.79 Å². The molecule has 6 heteroatoms. The third-order valence-corrected chi connectivity index (χ3v) is 6.21. The summed E-state index contributed by atoms with van der Waals surface area (Å²) >= 11 is 0. The van der Waals surface area contributed by atoms with Crippen LogP contribution in [0.4, 0.5) is 0 Å². The first-order chi connectivity index (χ1) is 15.6. The van der Waals surface area contributed by atoms with Crippen LogP contribution in [-0.2, 0) is 13.6 Å². The molecule has 32 heavy (non-hydrogen) atoms. The summed E-state index contributed by atoms with van der Waals surface area (Å²) in [6.45, 7) is 3.32. The minimum Gasteiger partial charge on any atom is -0.478 e. The second-order valence-electron chi connectivity index (χ2n) is 8.46. The van der Waals surface area contributed by atoms with Gasteiger partial charge in [-0.1, -0.05) is 55.0 Å². The lowest BCUT2D eigenvalue weighted by Crippen LogP contribution is -2.29. The van der Waals surface area contributed by atoms with Gasteiger partial charge in [0.2, 0.25) is 0 Å². The van der Waals surface area contributed by atoms with E-state index in [0.717, 1.165) is 17.7 Å². The third-order valence-electron chi connectivity index (χ3n) is 6.21. The van der Waals surface area contributed by atoms with E-state index < -0.39 is 5.97 Å². The van der Waals surface area contributed by atoms with Crippen LogP contribution in [0.3, 0.4) is 0 Å². The van der Waals surface area contributed by atoms with Gasteiger partial charge in [-0.2, -0.15) is 15.0 Å². The van der Waals surface area contributed by atoms with Crippen LogP contribution in [-0.4, -0.2) is 44.1 Å². The zero-order valence-corrected chi connectivity index (χ0v) is 18.2. The topological polar surface area (TPSA) is 71.2 Å². The fraction of sp³-hybridized carbons (Fsp3) is 0.269. The van der Waals surface area contributed by atoms with Gasteiger partial charge in [-0.3, -0.25) is 4.90 Å². The molecular formula is C26H26N4O2. The van der Waals surface area contributed by atoms with Gasteiger partial charge < -0.3 is 5.11 Å². The number of aromatic nitrogens is 3. The van der Waals surface area contributed by atoms with E-state index in [1.165, 1.54) is 53.8 Å². The number of aryl methyl sites for hydroxylation is 1. The third kappa shape index (κ3) is 4.01. The molecule has 0 unspecified atom stereocenters. The van der Waals surface area contributed by atoms with Crippen molar-refractivity contribution in [1.82, 2.24) is 19.9 Å². The molecule has 4 aromatic rings. The Labute approximate surface area is 187 Å². The highest BCUT2D eigenvalue weighted by Crippen LogP contribution is 2.30. The average molecular weight is 427 g/mol. The lowest BCUT2D eigenvalue weighted by Gasteiger charge is -2.27. The SMILES string of the molecule is Cn1nc2cc(-c3ccc(-c4ccccc4CN4CCCCC4)cc3)cc(C(=O)O)c2n1. The predicted octanol–water partition coefficient (Wildman–Crippen LogP) is 4.99. The molecule has 1 fully saturated rings. The molecule has 0 bridgehead atoms. The van der Waals surface area contributed by atoms with Crippen LogP contribution < -0.4 is 0 Å². The van der Waals surface area contributed by atoms with Crippen molar-refractivity contribution >= 4 is 17.0 Å². The molecule has 0 atom stereocenters. The molecule has 162 valence electrons. The van der Waals surface area contributed by atoms with Crippen LogP contribution in [0.2, 0.25) is 0 Å². The van der Waals surface area contributed by atoms with Crippen LogP contribution in [0.25, 0.3) is 33.3 Å². The van der Waals surface area contributed by atoms with Gasteiger partial charge >= 0.3 is 5.97 Å². The zero-order chi connectivity index (χ0) is 22.1. The Morgan fingerprint density at radius 2 is 1.62 bits per heavy atom. The highest BCUT2D eigenvalue weighted by atomic mass is 16.4. The van der Waals surface area contributed by atoms with E-state index in [1.54, 1.807) is 13.1 Å². The molecule has 2 heterocycles. The monoisotopic (exact) mass is 426 g/mol. The van der Waals surface area contributed by atoms with E-state index in [-0.39, 0.29) is 5.56 Å². The number of nitrogens with zero attached hydrogens (tertiary/aromatic N) is 4. The van der Waals surface area contributed by atoms with Crippen molar-refractivity contribution in [2.45, 2.75) is 25.8 Å². The number of piperidine rings is 1. The molecule has 1 saturated heterocycles. The van der Waals surface area contributed by atoms with Gasteiger partial charge in [0.05, 0.1) is 5.56 Å². The number of rotatable bonds is 5. The minimum atomic E-state index is -0.999. The summed E-state index contributed by atoms with van der Waals surface area (Å²) in [6.07, 6.45) is 3.90. The Balaban J connectivity index is 1.47. The average Bonchev–Trinajstić information content (AvgIpc) is 3.19. The molecule has 0 spiro atoms. The molecular weight excluding hydrogens is 400 g/mol. The minimum absolute atomic E-state index is 0.168. The standard InChI is InChI=1S/C26H26N4O2/c1-29-27-24-16-21(15-23(26(31)32)25(24)28-29)18-9-11-19(12-10-18)22-8-4-3-7-20(22)17-30-13-5-2-6-14-30/h3-4,7-12,15-16H,2,5-6,13-14,17H2,1H3,(H,31,32). The molecule has 1 aliphatic heterocycles. The van der Waals surface area contributed by atoms with Crippen molar-refractivity contribution in [2.24, 2.45) is 7.05 Å². The molecule has 0 saturated carbocycles. The Kier molecular flexibility index (Phi) is 5.45. The highest BCUT2D eigenvalue weighted by Gasteiger charge is 2.16. The number of fused-ring (bicyclic) bond motifs is 1. The summed E-state index contributed by atoms with van der Waals surface area (Å²) in [5, 5.41) is 18.2. The van der Waals surface area contributed by atoms with Gasteiger partial charge in [-0.05, 0) is 65.9 Å². The smallest absolute Gasteiger partial charge is 0.338 e. The molecule has 6 nitrogen and oxygen atoms in total. The number of benzene rings is 3. The molecule has 1 N–H and O–H groups in total. The second kappa shape index (κ2) is 8.55. The largest absolute Gasteiger partial charge is 0.478 e. The Morgan fingerprint density at radius 3 is 2.38 bits per heavy atom. The Morgan fingerprint density at radius 1 is 0.906 bits per heavy atom. The van der Waals surface area contributed by atoms with Crippen LogP contribution in [0.5, 0.6) is 0 Å². The predicted molar refractivity (Wildman–Crippen MR) is 125 cm³/mol. The molecule has 3 aromatic carbocycles. The van der Waals surface area contributed by atoms with Gasteiger partial charge in [0.1, 0.15) is 11.0 Å². The molecule has 5 rings (SSSR count). The zero-order valence-electron chi connectivity index (χ0n) is 18.2. The van der Waals surface area contributed by atoms with E-state index >= 15 is 0 Å². The number of likely N-dealkylation sites (tertiary alicyclic amines) is 1. The van der Waals surface area contributed by atoms with Crippen LogP contribution in [0.1, 0.15) is 35.2 Å². The van der Waals surface area contributed by atoms with Crippen LogP contribution >= 0.6 is 0 Å². The molecule has 0 radical (unpaired) electrons. The van der Waals surface area contributed by atoms with E-state index in [0.29, 0.717) is 11.0 Å². The Bertz CT molecular complexity index is 1270. The van der Waals surface area contributed by atoms with Crippen molar-refractivity contribution in [2.75, 3.05) is 13.1 Å². The van der Waals surface area contributed by atoms with Crippen molar-refractivity contribution in [3.8, 4) is 22.3 Å². The maximum absolute atomic E-state index is 11.8. The van der Waals surface area contributed by atoms with Gasteiger partial charge in [-0.15, -0.1) is 0 Å². The highest BCUT2D eigenvalue weighted by molar-refractivity contribution is 6.02. The van der Waals surface area contributed by atoms with Crippen LogP contribution in [0, 0.1) is 0 Å². The number of carboxylic acid groups (broad SMARTS) is 1. The molecule has 0 aliphatic carbocycles. The van der Waals surface area contributed by atoms with E-state index in [2.05, 4.69) is 63.6 Å². The van der Waals surface area contributed by atoms with Crippen molar-refractivity contribution in [3.63, 3.8) is 0 Å².